The molecule has 16 heteroatoms. The molecule has 0 bridgehead atoms. The molecule has 1 spiro atoms. The van der Waals surface area contributed by atoms with E-state index in [9.17, 15) is 38.7 Å². The van der Waals surface area contributed by atoms with Crippen molar-refractivity contribution in [2.24, 2.45) is 5.41 Å². The van der Waals surface area contributed by atoms with E-state index in [4.69, 9.17) is 0 Å². The number of nitrogens with one attached hydrogen (secondary N) is 4. The van der Waals surface area contributed by atoms with Crippen LogP contribution in [0.15, 0.2) is 30.3 Å². The number of benzene rings is 1. The summed E-state index contributed by atoms with van der Waals surface area (Å²) in [6, 6.07) is 4.32. The maximum Gasteiger partial charge on any atom is 0.290 e. The number of rotatable bonds is 14. The summed E-state index contributed by atoms with van der Waals surface area (Å²) >= 11 is 3.36. The molecular formula is C35H52N6O8S2. The van der Waals surface area contributed by atoms with Crippen molar-refractivity contribution in [3.05, 3.63) is 35.9 Å². The number of carbonyl (C=O) groups is 7. The number of likely N-dealkylation sites (N-methyl/N-ethyl adjacent to an activating group) is 1. The third-order valence-corrected chi connectivity index (χ3v) is 12.0. The smallest absolute Gasteiger partial charge is 0.290 e. The predicted molar refractivity (Wildman–Crippen MR) is 196 cm³/mol. The normalized spacial score (nSPS) is 19.2. The molecule has 2 aliphatic heterocycles. The molecule has 2 fully saturated rings. The van der Waals surface area contributed by atoms with Crippen molar-refractivity contribution in [3.63, 3.8) is 0 Å². The number of carbonyl (C=O) groups excluding carboxylic acids is 7. The third kappa shape index (κ3) is 11.2. The highest BCUT2D eigenvalue weighted by molar-refractivity contribution is 8.18. The molecule has 5 N–H and O–H groups in total. The summed E-state index contributed by atoms with van der Waals surface area (Å²) in [7, 11) is 3.11. The van der Waals surface area contributed by atoms with E-state index in [0.717, 1.165) is 17.9 Å². The Hall–Kier alpha value is -3.63. The summed E-state index contributed by atoms with van der Waals surface area (Å²) in [4.78, 5) is 95.6. The molecule has 0 radical (unpaired) electrons. The zero-order valence-electron chi connectivity index (χ0n) is 30.4. The van der Waals surface area contributed by atoms with Crippen LogP contribution in [0.25, 0.3) is 0 Å². The lowest BCUT2D eigenvalue weighted by Gasteiger charge is -2.36. The second-order valence-corrected chi connectivity index (χ2v) is 17.4. The molecule has 51 heavy (non-hydrogen) atoms. The van der Waals surface area contributed by atoms with Gasteiger partial charge in [0.15, 0.2) is 0 Å². The average molecular weight is 749 g/mol. The molecule has 0 aromatic heterocycles. The summed E-state index contributed by atoms with van der Waals surface area (Å²) in [6.45, 7) is 8.07. The zero-order valence-corrected chi connectivity index (χ0v) is 32.1. The Morgan fingerprint density at radius 3 is 2.18 bits per heavy atom. The number of hydrogen-bond donors (Lipinski definition) is 5. The molecule has 282 valence electrons. The summed E-state index contributed by atoms with van der Waals surface area (Å²) in [6.07, 6.45) is 0.503. The summed E-state index contributed by atoms with van der Waals surface area (Å²) in [5.41, 5.74) is -0.222. The topological polar surface area (TPSA) is 194 Å². The van der Waals surface area contributed by atoms with Gasteiger partial charge in [-0.25, -0.2) is 0 Å². The second kappa shape index (κ2) is 18.2. The van der Waals surface area contributed by atoms with Crippen molar-refractivity contribution in [1.82, 2.24) is 31.1 Å². The Morgan fingerprint density at radius 2 is 1.63 bits per heavy atom. The first-order valence-corrected chi connectivity index (χ1v) is 19.1. The Kier molecular flexibility index (Phi) is 14.9. The van der Waals surface area contributed by atoms with Gasteiger partial charge in [0.2, 0.25) is 35.3 Å². The number of aliphatic hydroxyl groups is 1. The largest absolute Gasteiger partial charge is 0.384 e. The lowest BCUT2D eigenvalue weighted by molar-refractivity contribution is -0.146. The monoisotopic (exact) mass is 748 g/mol. The van der Waals surface area contributed by atoms with E-state index in [0.29, 0.717) is 18.4 Å². The highest BCUT2D eigenvalue weighted by Gasteiger charge is 2.53. The van der Waals surface area contributed by atoms with Gasteiger partial charge in [-0.05, 0) is 42.2 Å². The van der Waals surface area contributed by atoms with Gasteiger partial charge in [0.05, 0.1) is 16.7 Å². The van der Waals surface area contributed by atoms with E-state index in [1.54, 1.807) is 95.6 Å². The molecule has 2 saturated heterocycles. The Bertz CT molecular complexity index is 1450. The van der Waals surface area contributed by atoms with Crippen molar-refractivity contribution in [1.29, 1.82) is 0 Å². The summed E-state index contributed by atoms with van der Waals surface area (Å²) in [5, 5.41) is 20.1. The van der Waals surface area contributed by atoms with E-state index in [1.165, 1.54) is 16.7 Å². The van der Waals surface area contributed by atoms with Crippen LogP contribution in [0.3, 0.4) is 0 Å². The van der Waals surface area contributed by atoms with Crippen molar-refractivity contribution in [3.8, 4) is 0 Å². The number of nitrogens with zero attached hydrogens (tertiary/aromatic N) is 2. The van der Waals surface area contributed by atoms with Crippen LogP contribution in [0.5, 0.6) is 0 Å². The fourth-order valence-electron chi connectivity index (χ4n) is 5.84. The molecule has 1 aromatic rings. The van der Waals surface area contributed by atoms with E-state index in [2.05, 4.69) is 21.3 Å². The van der Waals surface area contributed by atoms with Gasteiger partial charge in [0.1, 0.15) is 24.2 Å². The molecule has 0 aliphatic carbocycles. The van der Waals surface area contributed by atoms with E-state index >= 15 is 0 Å². The van der Waals surface area contributed by atoms with Crippen LogP contribution in [0.2, 0.25) is 0 Å². The number of aliphatic hydroxyl groups excluding tert-OH is 1. The standard InChI is InChI=1S/C35H52N6O8S2/c1-8-13-23(27(44)31(47)36-19-25(43)38-26(32(48)40(6)7)22-14-10-9-11-15-22)37-30(46)24-18-35(50-16-12-17-51-35)20-41(24)33(49)28(34(3,4)5)39-29(45)21(2)42/h9-11,14-15,21,23-24,26,28,42H,8,12-13,16-20H2,1-7H3,(H,36,47)(H,37,46)(H,38,43)(H,39,45)/t21-,23?,24-,26?,28+/m0/s1. The van der Waals surface area contributed by atoms with Gasteiger partial charge in [0.25, 0.3) is 5.91 Å². The highest BCUT2D eigenvalue weighted by Crippen LogP contribution is 2.50. The second-order valence-electron chi connectivity index (χ2n) is 14.2. The highest BCUT2D eigenvalue weighted by atomic mass is 32.2. The number of thioether (sulfide) groups is 2. The van der Waals surface area contributed by atoms with Crippen LogP contribution in [0, 0.1) is 5.41 Å². The minimum atomic E-state index is -1.35. The third-order valence-electron chi connectivity index (χ3n) is 8.65. The van der Waals surface area contributed by atoms with Crippen molar-refractivity contribution in [2.75, 3.05) is 38.7 Å². The van der Waals surface area contributed by atoms with E-state index < -0.39 is 81.6 Å². The van der Waals surface area contributed by atoms with Crippen molar-refractivity contribution < 1.29 is 38.7 Å². The SMILES string of the molecule is CCCC(NC(=O)[C@@H]1CC2(CN1C(=O)[C@@H](NC(=O)[C@H](C)O)C(C)(C)C)SCCCS2)C(=O)C(=O)NCC(=O)NC(C(=O)N(C)C)c1ccccc1. The first-order chi connectivity index (χ1) is 23.9. The Labute approximate surface area is 308 Å². The number of Topliss-reactive ketones (excluding diaryl/α,β-unsaturated/α-hetero) is 1. The van der Waals surface area contributed by atoms with Gasteiger partial charge >= 0.3 is 0 Å². The maximum atomic E-state index is 14.2. The summed E-state index contributed by atoms with van der Waals surface area (Å²) in [5.74, 6) is -3.21. The van der Waals surface area contributed by atoms with Crippen molar-refractivity contribution >= 4 is 64.8 Å². The lowest BCUT2D eigenvalue weighted by atomic mass is 9.85. The molecular weight excluding hydrogens is 697 g/mol. The van der Waals surface area contributed by atoms with Crippen LogP contribution in [0.1, 0.15) is 71.9 Å². The van der Waals surface area contributed by atoms with Gasteiger partial charge < -0.3 is 36.2 Å². The quantitative estimate of drug-likeness (QED) is 0.171. The fourth-order valence-corrected chi connectivity index (χ4v) is 9.19. The minimum Gasteiger partial charge on any atom is -0.384 e. The fraction of sp³-hybridized carbons (Fsp3) is 0.629. The van der Waals surface area contributed by atoms with Gasteiger partial charge in [-0.15, -0.1) is 23.5 Å². The van der Waals surface area contributed by atoms with Crippen LogP contribution in [-0.2, 0) is 33.6 Å². The van der Waals surface area contributed by atoms with Gasteiger partial charge in [0, 0.05) is 27.1 Å². The average Bonchev–Trinajstić information content (AvgIpc) is 3.45. The Morgan fingerprint density at radius 1 is 1.00 bits per heavy atom. The Balaban J connectivity index is 1.76. The van der Waals surface area contributed by atoms with Crippen LogP contribution >= 0.6 is 23.5 Å². The van der Waals surface area contributed by atoms with Crippen LogP contribution in [-0.4, -0.2) is 123 Å². The molecule has 2 heterocycles. The van der Waals surface area contributed by atoms with E-state index in [-0.39, 0.29) is 18.9 Å². The molecule has 1 aromatic carbocycles. The predicted octanol–water partition coefficient (Wildman–Crippen LogP) is 0.981. The summed E-state index contributed by atoms with van der Waals surface area (Å²) < 4.78 is -0.465. The number of likely N-dealkylation sites (tertiary alicyclic amines) is 1. The lowest BCUT2D eigenvalue weighted by Crippen LogP contribution is -2.60. The number of hydrogen-bond acceptors (Lipinski definition) is 10. The molecule has 5 atom stereocenters. The molecule has 2 unspecified atom stereocenters. The number of amides is 6. The van der Waals surface area contributed by atoms with Gasteiger partial charge in [-0.1, -0.05) is 64.4 Å². The van der Waals surface area contributed by atoms with Crippen molar-refractivity contribution in [2.45, 2.75) is 94.7 Å². The number of ketones is 1. The maximum absolute atomic E-state index is 14.2. The van der Waals surface area contributed by atoms with Crippen LogP contribution in [0.4, 0.5) is 0 Å². The van der Waals surface area contributed by atoms with Gasteiger partial charge in [-0.2, -0.15) is 0 Å². The van der Waals surface area contributed by atoms with E-state index in [1.807, 2.05) is 0 Å². The van der Waals surface area contributed by atoms with Crippen LogP contribution < -0.4 is 21.3 Å². The molecule has 3 rings (SSSR count). The molecule has 2 aliphatic rings. The van der Waals surface area contributed by atoms with Gasteiger partial charge in [-0.3, -0.25) is 33.6 Å². The first kappa shape index (κ1) is 41.8. The molecule has 14 nitrogen and oxygen atoms in total. The minimum absolute atomic E-state index is 0.127. The zero-order chi connectivity index (χ0) is 38.1. The first-order valence-electron chi connectivity index (χ1n) is 17.2. The molecule has 6 amide bonds. The molecule has 0 saturated carbocycles.